The minimum absolute atomic E-state index is 0.200. The van der Waals surface area contributed by atoms with Crippen molar-refractivity contribution in [2.24, 2.45) is 0 Å². The molecule has 0 saturated heterocycles. The van der Waals surface area contributed by atoms with Gasteiger partial charge in [-0.25, -0.2) is 0 Å². The van der Waals surface area contributed by atoms with Gasteiger partial charge in [-0.15, -0.1) is 0 Å². The Kier molecular flexibility index (Phi) is 19.9. The molecule has 0 aliphatic carbocycles. The van der Waals surface area contributed by atoms with E-state index < -0.39 is 0 Å². The second-order valence-electron chi connectivity index (χ2n) is 7.10. The molecule has 23 heavy (non-hydrogen) atoms. The molecule has 0 saturated carbocycles. The van der Waals surface area contributed by atoms with E-state index in [-0.39, 0.29) is 6.23 Å². The van der Waals surface area contributed by atoms with Crippen molar-refractivity contribution >= 4 is 0 Å². The molecule has 0 fully saturated rings. The highest BCUT2D eigenvalue weighted by atomic mass is 16.5. The van der Waals surface area contributed by atoms with Crippen LogP contribution < -0.4 is 5.32 Å². The molecule has 1 atom stereocenters. The van der Waals surface area contributed by atoms with Crippen molar-refractivity contribution in [1.82, 2.24) is 5.32 Å². The van der Waals surface area contributed by atoms with Crippen LogP contribution in [0.3, 0.4) is 0 Å². The lowest BCUT2D eigenvalue weighted by Crippen LogP contribution is -2.24. The van der Waals surface area contributed by atoms with E-state index >= 15 is 0 Å². The number of hydrogen-bond donors (Lipinski definition) is 1. The summed E-state index contributed by atoms with van der Waals surface area (Å²) < 4.78 is 5.60. The van der Waals surface area contributed by atoms with E-state index in [0.717, 1.165) is 6.61 Å². The molecule has 0 rings (SSSR count). The van der Waals surface area contributed by atoms with E-state index in [4.69, 9.17) is 4.74 Å². The van der Waals surface area contributed by atoms with Crippen molar-refractivity contribution in [3.63, 3.8) is 0 Å². The topological polar surface area (TPSA) is 21.3 Å². The van der Waals surface area contributed by atoms with Crippen molar-refractivity contribution in [3.8, 4) is 0 Å². The Morgan fingerprint density at radius 1 is 0.609 bits per heavy atom. The summed E-state index contributed by atoms with van der Waals surface area (Å²) in [7, 11) is 1.94. The molecule has 0 bridgehead atoms. The first-order valence-electron chi connectivity index (χ1n) is 10.6. The van der Waals surface area contributed by atoms with E-state index in [1.165, 1.54) is 103 Å². The van der Waals surface area contributed by atoms with Crippen molar-refractivity contribution < 1.29 is 4.74 Å². The lowest BCUT2D eigenvalue weighted by atomic mass is 10.0. The van der Waals surface area contributed by atoms with Gasteiger partial charge in [0.2, 0.25) is 0 Å². The first kappa shape index (κ1) is 22.9. The maximum absolute atomic E-state index is 5.60. The normalized spacial score (nSPS) is 12.7. The molecule has 1 N–H and O–H groups in total. The summed E-state index contributed by atoms with van der Waals surface area (Å²) in [6, 6.07) is 0. The highest BCUT2D eigenvalue weighted by molar-refractivity contribution is 4.50. The van der Waals surface area contributed by atoms with Crippen molar-refractivity contribution in [2.45, 2.75) is 123 Å². The van der Waals surface area contributed by atoms with Crippen LogP contribution in [0.15, 0.2) is 0 Å². The lowest BCUT2D eigenvalue weighted by Gasteiger charge is -2.11. The second-order valence-corrected chi connectivity index (χ2v) is 7.10. The van der Waals surface area contributed by atoms with Gasteiger partial charge in [-0.05, 0) is 20.4 Å². The van der Waals surface area contributed by atoms with E-state index in [9.17, 15) is 0 Å². The van der Waals surface area contributed by atoms with E-state index in [0.29, 0.717) is 0 Å². The molecule has 0 spiro atoms. The highest BCUT2D eigenvalue weighted by Crippen LogP contribution is 2.13. The van der Waals surface area contributed by atoms with Crippen LogP contribution in [0.25, 0.3) is 0 Å². The zero-order valence-electron chi connectivity index (χ0n) is 16.5. The molecule has 0 radical (unpaired) electrons. The third-order valence-corrected chi connectivity index (χ3v) is 4.77. The molecule has 0 aromatic carbocycles. The summed E-state index contributed by atoms with van der Waals surface area (Å²) >= 11 is 0. The van der Waals surface area contributed by atoms with Crippen LogP contribution in [0.1, 0.15) is 117 Å². The third-order valence-electron chi connectivity index (χ3n) is 4.77. The first-order valence-corrected chi connectivity index (χ1v) is 10.6. The summed E-state index contributed by atoms with van der Waals surface area (Å²) in [6.45, 7) is 5.26. The monoisotopic (exact) mass is 327 g/mol. The smallest absolute Gasteiger partial charge is 0.105 e. The Hall–Kier alpha value is -0.0800. The largest absolute Gasteiger partial charge is 0.364 e. The van der Waals surface area contributed by atoms with Gasteiger partial charge in [0.15, 0.2) is 0 Å². The quantitative estimate of drug-likeness (QED) is 0.207. The summed E-state index contributed by atoms with van der Waals surface area (Å²) in [5.74, 6) is 0. The third kappa shape index (κ3) is 19.9. The van der Waals surface area contributed by atoms with Crippen molar-refractivity contribution in [1.29, 1.82) is 0 Å². The zero-order chi connectivity index (χ0) is 17.0. The van der Waals surface area contributed by atoms with Gasteiger partial charge in [0.1, 0.15) is 6.23 Å². The molecule has 140 valence electrons. The number of hydrogen-bond acceptors (Lipinski definition) is 2. The standard InChI is InChI=1S/C21H45NO/c1-4-5-6-7-8-9-10-11-12-13-14-15-16-17-18-19-20-23-21(2)22-3/h21-22H,4-20H2,1-3H3. The average Bonchev–Trinajstić information content (AvgIpc) is 2.57. The maximum atomic E-state index is 5.60. The zero-order valence-corrected chi connectivity index (χ0v) is 16.5. The molecule has 0 heterocycles. The molecule has 2 nitrogen and oxygen atoms in total. The Labute approximate surface area is 147 Å². The van der Waals surface area contributed by atoms with Gasteiger partial charge in [-0.1, -0.05) is 103 Å². The van der Waals surface area contributed by atoms with Gasteiger partial charge in [0, 0.05) is 6.61 Å². The van der Waals surface area contributed by atoms with Crippen LogP contribution in [0, 0.1) is 0 Å². The van der Waals surface area contributed by atoms with Gasteiger partial charge in [-0.2, -0.15) is 0 Å². The first-order chi connectivity index (χ1) is 11.3. The van der Waals surface area contributed by atoms with Gasteiger partial charge in [-0.3, -0.25) is 5.32 Å². The summed E-state index contributed by atoms with van der Waals surface area (Å²) in [6.07, 6.45) is 22.9. The molecule has 0 aliphatic heterocycles. The Morgan fingerprint density at radius 2 is 0.957 bits per heavy atom. The summed E-state index contributed by atoms with van der Waals surface area (Å²) in [5.41, 5.74) is 0. The fourth-order valence-corrected chi connectivity index (χ4v) is 2.99. The van der Waals surface area contributed by atoms with Crippen LogP contribution >= 0.6 is 0 Å². The second kappa shape index (κ2) is 20.0. The van der Waals surface area contributed by atoms with Crippen LogP contribution in [-0.2, 0) is 4.74 Å². The molecule has 1 unspecified atom stereocenters. The predicted octanol–water partition coefficient (Wildman–Crippen LogP) is 6.83. The maximum Gasteiger partial charge on any atom is 0.105 e. The number of nitrogens with one attached hydrogen (secondary N) is 1. The van der Waals surface area contributed by atoms with Gasteiger partial charge in [0.25, 0.3) is 0 Å². The summed E-state index contributed by atoms with van der Waals surface area (Å²) in [5, 5.41) is 3.10. The van der Waals surface area contributed by atoms with Gasteiger partial charge in [0.05, 0.1) is 0 Å². The fourth-order valence-electron chi connectivity index (χ4n) is 2.99. The molecular formula is C21H45NO. The Balaban J connectivity index is 2.97. The van der Waals surface area contributed by atoms with Crippen LogP contribution in [0.4, 0.5) is 0 Å². The van der Waals surface area contributed by atoms with Crippen LogP contribution in [0.2, 0.25) is 0 Å². The lowest BCUT2D eigenvalue weighted by molar-refractivity contribution is 0.0456. The van der Waals surface area contributed by atoms with Crippen molar-refractivity contribution in [3.05, 3.63) is 0 Å². The van der Waals surface area contributed by atoms with E-state index in [1.807, 2.05) is 7.05 Å². The minimum Gasteiger partial charge on any atom is -0.364 e. The van der Waals surface area contributed by atoms with Crippen LogP contribution in [-0.4, -0.2) is 19.9 Å². The average molecular weight is 328 g/mol. The predicted molar refractivity (Wildman–Crippen MR) is 104 cm³/mol. The van der Waals surface area contributed by atoms with Gasteiger partial charge >= 0.3 is 0 Å². The molecule has 0 aromatic rings. The number of ether oxygens (including phenoxy) is 1. The molecule has 0 amide bonds. The number of unbranched alkanes of at least 4 members (excludes halogenated alkanes) is 15. The van der Waals surface area contributed by atoms with Gasteiger partial charge < -0.3 is 4.74 Å². The fraction of sp³-hybridized carbons (Fsp3) is 1.00. The van der Waals surface area contributed by atoms with E-state index in [1.54, 1.807) is 0 Å². The Morgan fingerprint density at radius 3 is 1.30 bits per heavy atom. The summed E-state index contributed by atoms with van der Waals surface area (Å²) in [4.78, 5) is 0. The highest BCUT2D eigenvalue weighted by Gasteiger charge is 1.97. The molecule has 0 aromatic heterocycles. The molecular weight excluding hydrogens is 282 g/mol. The SMILES string of the molecule is CCCCCCCCCCCCCCCCCCOC(C)NC. The Bertz CT molecular complexity index is 208. The number of rotatable bonds is 19. The van der Waals surface area contributed by atoms with E-state index in [2.05, 4.69) is 19.2 Å². The molecule has 0 aliphatic rings. The van der Waals surface area contributed by atoms with Crippen LogP contribution in [0.5, 0.6) is 0 Å². The minimum atomic E-state index is 0.200. The van der Waals surface area contributed by atoms with Crippen molar-refractivity contribution in [2.75, 3.05) is 13.7 Å². The molecule has 2 heteroatoms.